The zero-order chi connectivity index (χ0) is 15.5. The molecule has 2 aromatic carbocycles. The van der Waals surface area contributed by atoms with Gasteiger partial charge in [-0.25, -0.2) is 8.78 Å². The summed E-state index contributed by atoms with van der Waals surface area (Å²) in [7, 11) is 0. The van der Waals surface area contributed by atoms with Crippen LogP contribution in [0.15, 0.2) is 51.8 Å². The number of hydrogen-bond acceptors (Lipinski definition) is 4. The minimum absolute atomic E-state index is 0.321. The highest BCUT2D eigenvalue weighted by Crippen LogP contribution is 2.27. The van der Waals surface area contributed by atoms with Gasteiger partial charge in [-0.1, -0.05) is 17.7 Å². The molecule has 0 bridgehead atoms. The molecule has 0 spiro atoms. The summed E-state index contributed by atoms with van der Waals surface area (Å²) in [5.41, 5.74) is 1.94. The van der Waals surface area contributed by atoms with E-state index in [4.69, 9.17) is 4.42 Å². The molecule has 0 unspecified atom stereocenters. The van der Waals surface area contributed by atoms with Gasteiger partial charge >= 0.3 is 0 Å². The minimum atomic E-state index is -0.596. The molecule has 3 nitrogen and oxygen atoms in total. The molecule has 0 radical (unpaired) electrons. The maximum Gasteiger partial charge on any atom is 0.247 e. The predicted molar refractivity (Wildman–Crippen MR) is 80.4 cm³/mol. The average molecular weight is 318 g/mol. The molecule has 0 aliphatic heterocycles. The van der Waals surface area contributed by atoms with E-state index in [1.165, 1.54) is 23.9 Å². The van der Waals surface area contributed by atoms with Gasteiger partial charge in [0.15, 0.2) is 0 Å². The van der Waals surface area contributed by atoms with Crippen molar-refractivity contribution in [1.29, 1.82) is 0 Å². The fraction of sp³-hybridized carbons (Fsp3) is 0.125. The topological polar surface area (TPSA) is 38.9 Å². The molecule has 0 atom stereocenters. The summed E-state index contributed by atoms with van der Waals surface area (Å²) in [4.78, 5) is 0.344. The molecule has 0 aliphatic carbocycles. The van der Waals surface area contributed by atoms with E-state index in [1.807, 2.05) is 31.2 Å². The van der Waals surface area contributed by atoms with Crippen molar-refractivity contribution in [3.63, 3.8) is 0 Å². The number of rotatable bonds is 4. The normalized spacial score (nSPS) is 10.9. The van der Waals surface area contributed by atoms with Crippen molar-refractivity contribution in [3.8, 4) is 11.5 Å². The largest absolute Gasteiger partial charge is 0.420 e. The summed E-state index contributed by atoms with van der Waals surface area (Å²) in [5, 5.41) is 7.94. The standard InChI is InChI=1S/C16H12F2N2OS/c1-10-3-2-4-11(7-10)16-20-19-15(21-16)9-22-14-6-5-12(17)8-13(14)18/h2-8H,9H2,1H3. The average Bonchev–Trinajstić information content (AvgIpc) is 2.95. The van der Waals surface area contributed by atoms with Crippen molar-refractivity contribution in [2.75, 3.05) is 0 Å². The van der Waals surface area contributed by atoms with Crippen LogP contribution in [-0.2, 0) is 5.75 Å². The molecule has 22 heavy (non-hydrogen) atoms. The lowest BCUT2D eigenvalue weighted by molar-refractivity contribution is 0.528. The first-order valence-corrected chi connectivity index (χ1v) is 7.57. The van der Waals surface area contributed by atoms with E-state index < -0.39 is 11.6 Å². The third kappa shape index (κ3) is 3.33. The molecule has 0 amide bonds. The number of nitrogens with zero attached hydrogens (tertiary/aromatic N) is 2. The summed E-state index contributed by atoms with van der Waals surface area (Å²) < 4.78 is 32.0. The van der Waals surface area contributed by atoms with Crippen LogP contribution >= 0.6 is 11.8 Å². The molecule has 3 aromatic rings. The van der Waals surface area contributed by atoms with Crippen LogP contribution in [0.2, 0.25) is 0 Å². The first-order valence-electron chi connectivity index (χ1n) is 6.59. The van der Waals surface area contributed by atoms with Gasteiger partial charge in [0.25, 0.3) is 0 Å². The highest BCUT2D eigenvalue weighted by Gasteiger charge is 2.11. The Bertz CT molecular complexity index is 804. The molecule has 0 saturated heterocycles. The number of halogens is 2. The minimum Gasteiger partial charge on any atom is -0.420 e. The second kappa shape index (κ2) is 6.27. The lowest BCUT2D eigenvalue weighted by atomic mass is 10.1. The van der Waals surface area contributed by atoms with Crippen molar-refractivity contribution in [2.45, 2.75) is 17.6 Å². The molecule has 0 aliphatic rings. The van der Waals surface area contributed by atoms with Gasteiger partial charge in [-0.2, -0.15) is 0 Å². The Morgan fingerprint density at radius 2 is 1.95 bits per heavy atom. The van der Waals surface area contributed by atoms with Gasteiger partial charge < -0.3 is 4.42 Å². The number of benzene rings is 2. The molecule has 1 aromatic heterocycles. The molecular weight excluding hydrogens is 306 g/mol. The Balaban J connectivity index is 1.72. The number of aryl methyl sites for hydroxylation is 1. The summed E-state index contributed by atoms with van der Waals surface area (Å²) >= 11 is 1.18. The van der Waals surface area contributed by atoms with Gasteiger partial charge in [-0.05, 0) is 31.2 Å². The van der Waals surface area contributed by atoms with Crippen molar-refractivity contribution >= 4 is 11.8 Å². The maximum atomic E-state index is 13.5. The molecule has 0 fully saturated rings. The number of hydrogen-bond donors (Lipinski definition) is 0. The summed E-state index contributed by atoms with van der Waals surface area (Å²) in [5.74, 6) is -0.0460. The van der Waals surface area contributed by atoms with E-state index in [9.17, 15) is 8.78 Å². The smallest absolute Gasteiger partial charge is 0.247 e. The zero-order valence-corrected chi connectivity index (χ0v) is 12.5. The lowest BCUT2D eigenvalue weighted by Gasteiger charge is -2.00. The lowest BCUT2D eigenvalue weighted by Crippen LogP contribution is -1.85. The Kier molecular flexibility index (Phi) is 4.20. The Morgan fingerprint density at radius 3 is 2.73 bits per heavy atom. The van der Waals surface area contributed by atoms with Crippen LogP contribution in [0.1, 0.15) is 11.5 Å². The van der Waals surface area contributed by atoms with Crippen LogP contribution in [0.3, 0.4) is 0 Å². The first kappa shape index (κ1) is 14.7. The van der Waals surface area contributed by atoms with E-state index in [0.717, 1.165) is 17.2 Å². The second-order valence-corrected chi connectivity index (χ2v) is 5.75. The third-order valence-electron chi connectivity index (χ3n) is 2.98. The summed E-state index contributed by atoms with van der Waals surface area (Å²) in [6, 6.07) is 11.2. The third-order valence-corrected chi connectivity index (χ3v) is 4.01. The molecule has 112 valence electrons. The highest BCUT2D eigenvalue weighted by molar-refractivity contribution is 7.98. The molecule has 6 heteroatoms. The Labute approximate surface area is 130 Å². The second-order valence-electron chi connectivity index (χ2n) is 4.73. The SMILES string of the molecule is Cc1cccc(-c2nnc(CSc3ccc(F)cc3F)o2)c1. The van der Waals surface area contributed by atoms with Crippen LogP contribution < -0.4 is 0 Å². The van der Waals surface area contributed by atoms with Gasteiger partial charge in [0, 0.05) is 16.5 Å². The molecule has 1 heterocycles. The van der Waals surface area contributed by atoms with Crippen molar-refractivity contribution in [2.24, 2.45) is 0 Å². The van der Waals surface area contributed by atoms with E-state index in [1.54, 1.807) is 0 Å². The fourth-order valence-corrected chi connectivity index (χ4v) is 2.70. The fourth-order valence-electron chi connectivity index (χ4n) is 1.94. The Hall–Kier alpha value is -2.21. The van der Waals surface area contributed by atoms with Gasteiger partial charge in [-0.3, -0.25) is 0 Å². The molecule has 0 N–H and O–H groups in total. The maximum absolute atomic E-state index is 13.5. The van der Waals surface area contributed by atoms with Gasteiger partial charge in [-0.15, -0.1) is 22.0 Å². The number of aromatic nitrogens is 2. The number of thioether (sulfide) groups is 1. The van der Waals surface area contributed by atoms with Gasteiger partial charge in [0.2, 0.25) is 11.8 Å². The first-order chi connectivity index (χ1) is 10.6. The Morgan fingerprint density at radius 1 is 1.09 bits per heavy atom. The van der Waals surface area contributed by atoms with E-state index in [0.29, 0.717) is 22.4 Å². The van der Waals surface area contributed by atoms with Crippen LogP contribution in [0.5, 0.6) is 0 Å². The molecular formula is C16H12F2N2OS. The highest BCUT2D eigenvalue weighted by atomic mass is 32.2. The molecule has 0 saturated carbocycles. The zero-order valence-electron chi connectivity index (χ0n) is 11.7. The van der Waals surface area contributed by atoms with Gasteiger partial charge in [0.1, 0.15) is 11.6 Å². The van der Waals surface area contributed by atoms with Crippen LogP contribution in [0, 0.1) is 18.6 Å². The van der Waals surface area contributed by atoms with Gasteiger partial charge in [0.05, 0.1) is 5.75 Å². The quantitative estimate of drug-likeness (QED) is 0.658. The monoisotopic (exact) mass is 318 g/mol. The van der Waals surface area contributed by atoms with Crippen molar-refractivity contribution < 1.29 is 13.2 Å². The van der Waals surface area contributed by atoms with E-state index >= 15 is 0 Å². The van der Waals surface area contributed by atoms with E-state index in [-0.39, 0.29) is 0 Å². The van der Waals surface area contributed by atoms with Crippen molar-refractivity contribution in [1.82, 2.24) is 10.2 Å². The summed E-state index contributed by atoms with van der Waals surface area (Å²) in [6.07, 6.45) is 0. The van der Waals surface area contributed by atoms with Crippen LogP contribution in [0.4, 0.5) is 8.78 Å². The van der Waals surface area contributed by atoms with E-state index in [2.05, 4.69) is 10.2 Å². The van der Waals surface area contributed by atoms with Crippen molar-refractivity contribution in [3.05, 3.63) is 65.6 Å². The molecule has 3 rings (SSSR count). The summed E-state index contributed by atoms with van der Waals surface area (Å²) in [6.45, 7) is 1.98. The predicted octanol–water partition coefficient (Wildman–Crippen LogP) is 4.62. The van der Waals surface area contributed by atoms with Crippen LogP contribution in [0.25, 0.3) is 11.5 Å². The van der Waals surface area contributed by atoms with Crippen LogP contribution in [-0.4, -0.2) is 10.2 Å².